The van der Waals surface area contributed by atoms with Crippen LogP contribution in [0.5, 0.6) is 0 Å². The van der Waals surface area contributed by atoms with Crippen molar-refractivity contribution in [3.8, 4) is 0 Å². The molecule has 0 aromatic carbocycles. The molecule has 258 valence electrons. The van der Waals surface area contributed by atoms with Crippen LogP contribution in [0.4, 0.5) is 17.6 Å². The fourth-order valence-electron chi connectivity index (χ4n) is 4.38. The first kappa shape index (κ1) is 41.0. The Bertz CT molecular complexity index is 1120. The van der Waals surface area contributed by atoms with E-state index in [0.717, 1.165) is 26.1 Å². The van der Waals surface area contributed by atoms with Crippen molar-refractivity contribution in [2.24, 2.45) is 0 Å². The van der Waals surface area contributed by atoms with Crippen LogP contribution in [0.3, 0.4) is 0 Å². The predicted molar refractivity (Wildman–Crippen MR) is 174 cm³/mol. The molecule has 45 heavy (non-hydrogen) atoms. The van der Waals surface area contributed by atoms with Crippen molar-refractivity contribution < 1.29 is 25.2 Å². The fraction of sp³-hybridized carbons (Fsp3) is 0.760. The van der Waals surface area contributed by atoms with Gasteiger partial charge in [-0.05, 0) is 18.0 Å². The highest BCUT2D eigenvalue weighted by molar-refractivity contribution is 6.32. The number of methoxy groups -OCH3 is 1. The Balaban J connectivity index is 0.000000373. The van der Waals surface area contributed by atoms with Gasteiger partial charge in [0, 0.05) is 65.5 Å². The average Bonchev–Trinajstić information content (AvgIpc) is 3.01. The lowest BCUT2D eigenvalue weighted by Gasteiger charge is -2.41. The van der Waals surface area contributed by atoms with E-state index in [4.69, 9.17) is 56.1 Å². The molecule has 9 N–H and O–H groups in total. The van der Waals surface area contributed by atoms with Crippen LogP contribution in [0, 0.1) is 0 Å². The first-order valence-electron chi connectivity index (χ1n) is 14.0. The normalized spacial score (nSPS) is 20.2. The summed E-state index contributed by atoms with van der Waals surface area (Å²) in [5.41, 5.74) is 10.8. The molecule has 2 aromatic heterocycles. The number of piperazine rings is 2. The third kappa shape index (κ3) is 14.1. The second-order valence-corrected chi connectivity index (χ2v) is 11.1. The summed E-state index contributed by atoms with van der Waals surface area (Å²) in [4.78, 5) is 13.7. The minimum absolute atomic E-state index is 0. The molecular formula is C25H47Cl3N12O5. The zero-order valence-corrected chi connectivity index (χ0v) is 27.1. The van der Waals surface area contributed by atoms with Gasteiger partial charge >= 0.3 is 0 Å². The van der Waals surface area contributed by atoms with Gasteiger partial charge in [-0.3, -0.25) is 9.80 Å². The van der Waals surface area contributed by atoms with E-state index in [-0.39, 0.29) is 72.7 Å². The summed E-state index contributed by atoms with van der Waals surface area (Å²) in [6, 6.07) is 0.0377. The molecular weight excluding hydrogens is 655 g/mol. The van der Waals surface area contributed by atoms with Crippen LogP contribution < -0.4 is 21.7 Å². The number of nitrogens with one attached hydrogen (secondary N) is 1. The number of ether oxygens (including phenoxy) is 1. The zero-order valence-electron chi connectivity index (χ0n) is 24.8. The number of halogens is 3. The van der Waals surface area contributed by atoms with Crippen LogP contribution >= 0.6 is 34.8 Å². The number of nitrogens with zero attached hydrogens (tertiary/aromatic N) is 9. The van der Waals surface area contributed by atoms with Crippen molar-refractivity contribution in [1.29, 1.82) is 0 Å². The molecule has 0 amide bonds. The Morgan fingerprint density at radius 3 is 2.04 bits per heavy atom. The highest BCUT2D eigenvalue weighted by Crippen LogP contribution is 2.19. The van der Waals surface area contributed by atoms with Crippen molar-refractivity contribution in [3.05, 3.63) is 15.6 Å². The lowest BCUT2D eigenvalue weighted by molar-refractivity contribution is 0.0140. The van der Waals surface area contributed by atoms with Gasteiger partial charge in [-0.2, -0.15) is 9.97 Å². The molecule has 0 saturated carbocycles. The number of β-amino-alcohol motifs (C(OH)–C–C–N with tert-alkyl or cyclic N) is 2. The zero-order chi connectivity index (χ0) is 32.6. The van der Waals surface area contributed by atoms with E-state index in [1.807, 2.05) is 16.7 Å². The summed E-state index contributed by atoms with van der Waals surface area (Å²) in [6.45, 7) is 7.99. The SMILES string of the molecule is C.CC[C@@H](O)CN1CCNC[C@H]1CO.COC[C@@H](O)CN1CCN(c2nnc(Cl)c(N)n2)C[C@H]1CO.Nc1nc(Cl)nnc1Cl. The second kappa shape index (κ2) is 21.7. The molecule has 17 nitrogen and oxygen atoms in total. The van der Waals surface area contributed by atoms with Gasteiger partial charge in [-0.15, -0.1) is 20.4 Å². The molecule has 2 aliphatic heterocycles. The number of hydrogen-bond acceptors (Lipinski definition) is 17. The number of anilines is 3. The summed E-state index contributed by atoms with van der Waals surface area (Å²) in [7, 11) is 1.54. The molecule has 2 aromatic rings. The molecule has 20 heteroatoms. The molecule has 2 aliphatic rings. The van der Waals surface area contributed by atoms with Gasteiger partial charge in [0.25, 0.3) is 0 Å². The number of aliphatic hydroxyl groups excluding tert-OH is 4. The minimum Gasteiger partial charge on any atom is -0.395 e. The van der Waals surface area contributed by atoms with Crippen LogP contribution in [-0.2, 0) is 4.74 Å². The van der Waals surface area contributed by atoms with Crippen LogP contribution in [0.2, 0.25) is 15.6 Å². The van der Waals surface area contributed by atoms with Gasteiger partial charge in [0.15, 0.2) is 21.9 Å². The molecule has 2 fully saturated rings. The summed E-state index contributed by atoms with van der Waals surface area (Å²) < 4.78 is 4.92. The lowest BCUT2D eigenvalue weighted by Crippen LogP contribution is -2.57. The molecule has 0 bridgehead atoms. The van der Waals surface area contributed by atoms with Crippen molar-refractivity contribution in [2.45, 2.75) is 45.1 Å². The van der Waals surface area contributed by atoms with E-state index in [1.54, 1.807) is 7.11 Å². The van der Waals surface area contributed by atoms with E-state index in [1.165, 1.54) is 0 Å². The molecule has 4 rings (SSSR count). The van der Waals surface area contributed by atoms with Crippen LogP contribution in [0.15, 0.2) is 0 Å². The molecule has 0 spiro atoms. The Labute approximate surface area is 278 Å². The van der Waals surface area contributed by atoms with Gasteiger partial charge in [-0.1, -0.05) is 37.6 Å². The maximum atomic E-state index is 9.84. The molecule has 4 heterocycles. The Morgan fingerprint density at radius 1 is 0.889 bits per heavy atom. The summed E-state index contributed by atoms with van der Waals surface area (Å²) >= 11 is 16.4. The van der Waals surface area contributed by atoms with Crippen molar-refractivity contribution >= 4 is 52.4 Å². The van der Waals surface area contributed by atoms with Gasteiger partial charge in [0.1, 0.15) is 0 Å². The number of nitrogens with two attached hydrogens (primary N) is 2. The summed E-state index contributed by atoms with van der Waals surface area (Å²) in [5.74, 6) is 0.610. The third-order valence-electron chi connectivity index (χ3n) is 6.81. The number of rotatable bonds is 10. The second-order valence-electron chi connectivity index (χ2n) is 10.0. The number of nitrogen functional groups attached to an aromatic ring is 2. The summed E-state index contributed by atoms with van der Waals surface area (Å²) in [5, 5.41) is 55.7. The monoisotopic (exact) mass is 700 g/mol. The first-order valence-corrected chi connectivity index (χ1v) is 15.1. The number of aromatic nitrogens is 6. The maximum absolute atomic E-state index is 9.84. The highest BCUT2D eigenvalue weighted by atomic mass is 35.5. The number of hydrogen-bond donors (Lipinski definition) is 7. The van der Waals surface area contributed by atoms with E-state index < -0.39 is 6.10 Å². The Hall–Kier alpha value is -2.03. The van der Waals surface area contributed by atoms with E-state index in [0.29, 0.717) is 38.7 Å². The van der Waals surface area contributed by atoms with Gasteiger partial charge in [0.2, 0.25) is 11.2 Å². The molecule has 0 aliphatic carbocycles. The van der Waals surface area contributed by atoms with E-state index in [2.05, 4.69) is 40.6 Å². The minimum atomic E-state index is -0.588. The van der Waals surface area contributed by atoms with Crippen LogP contribution in [0.25, 0.3) is 0 Å². The van der Waals surface area contributed by atoms with Crippen LogP contribution in [0.1, 0.15) is 20.8 Å². The summed E-state index contributed by atoms with van der Waals surface area (Å²) in [6.07, 6.45) is -0.0657. The Morgan fingerprint density at radius 2 is 1.49 bits per heavy atom. The molecule has 0 radical (unpaired) electrons. The van der Waals surface area contributed by atoms with Crippen LogP contribution in [-0.4, -0.2) is 164 Å². The molecule has 0 unspecified atom stereocenters. The average molecular weight is 702 g/mol. The smallest absolute Gasteiger partial charge is 0.247 e. The quantitative estimate of drug-likeness (QED) is 0.157. The third-order valence-corrected chi connectivity index (χ3v) is 7.50. The van der Waals surface area contributed by atoms with Crippen molar-refractivity contribution in [1.82, 2.24) is 45.5 Å². The molecule has 4 atom stereocenters. The van der Waals surface area contributed by atoms with E-state index in [9.17, 15) is 15.3 Å². The topological polar surface area (TPSA) is 241 Å². The first-order chi connectivity index (χ1) is 21.0. The Kier molecular flexibility index (Phi) is 19.8. The van der Waals surface area contributed by atoms with Crippen molar-refractivity contribution in [3.63, 3.8) is 0 Å². The van der Waals surface area contributed by atoms with Gasteiger partial charge in [-0.25, -0.2) is 0 Å². The maximum Gasteiger partial charge on any atom is 0.247 e. The van der Waals surface area contributed by atoms with Crippen molar-refractivity contribution in [2.75, 3.05) is 95.7 Å². The largest absolute Gasteiger partial charge is 0.395 e. The fourth-order valence-corrected chi connectivity index (χ4v) is 4.67. The standard InChI is InChI=1S/C12H21ClN6O3.C9H20N2O2.C3H2Cl2N4.CH4/c1-22-7-9(21)5-18-2-3-19(4-8(18)6-20)12-15-11(14)10(13)16-17-12;1-2-9(13)6-11-4-3-10-5-8(11)7-12;4-1-2(6)7-3(5)9-8-1;/h8-9,20-21H,2-7H2,1H3,(H2,14,15,17);8-10,12-13H,2-7H2,1H3;(H2,6,7,9);1H4/t8-,9-;8-,9+;;/m00../s1. The lowest BCUT2D eigenvalue weighted by atomic mass is 10.1. The predicted octanol–water partition coefficient (Wildman–Crippen LogP) is -0.982. The van der Waals surface area contributed by atoms with E-state index >= 15 is 0 Å². The van der Waals surface area contributed by atoms with Gasteiger partial charge < -0.3 is 46.8 Å². The number of aliphatic hydroxyl groups is 4. The molecule has 2 saturated heterocycles. The highest BCUT2D eigenvalue weighted by Gasteiger charge is 2.29. The van der Waals surface area contributed by atoms with Gasteiger partial charge in [0.05, 0.1) is 38.1 Å².